The summed E-state index contributed by atoms with van der Waals surface area (Å²) in [4.78, 5) is 21.7. The predicted octanol–water partition coefficient (Wildman–Crippen LogP) is 0.0599. The first-order chi connectivity index (χ1) is 7.01. The summed E-state index contributed by atoms with van der Waals surface area (Å²) in [7, 11) is 0. The Morgan fingerprint density at radius 3 is 2.67 bits per heavy atom. The maximum Gasteiger partial charge on any atom is 0.405 e. The Balaban J connectivity index is 4.36. The molecule has 0 aromatic carbocycles. The van der Waals surface area contributed by atoms with Gasteiger partial charge in [-0.3, -0.25) is 10.2 Å². The van der Waals surface area contributed by atoms with Gasteiger partial charge in [-0.25, -0.2) is 4.79 Å². The smallest absolute Gasteiger partial charge is 0.405 e. The molecular weight excluding hydrogens is 218 g/mol. The van der Waals surface area contributed by atoms with Crippen molar-refractivity contribution >= 4 is 28.9 Å². The molecule has 15 heavy (non-hydrogen) atoms. The Hall–Kier alpha value is -1.68. The molecule has 6 nitrogen and oxygen atoms in total. The van der Waals surface area contributed by atoms with Crippen molar-refractivity contribution in [2.24, 2.45) is 0 Å². The van der Waals surface area contributed by atoms with Gasteiger partial charge < -0.3 is 15.7 Å². The van der Waals surface area contributed by atoms with E-state index < -0.39 is 18.0 Å². The fourth-order valence-corrected chi connectivity index (χ4v) is 0.929. The lowest BCUT2D eigenvalue weighted by Gasteiger charge is -2.13. The van der Waals surface area contributed by atoms with Crippen molar-refractivity contribution in [3.8, 4) is 12.3 Å². The molecule has 0 bridgehead atoms. The van der Waals surface area contributed by atoms with Crippen LogP contribution >= 0.6 is 11.8 Å². The number of amides is 2. The molecule has 2 amide bonds. The molecule has 0 fully saturated rings. The van der Waals surface area contributed by atoms with E-state index in [0.29, 0.717) is 0 Å². The van der Waals surface area contributed by atoms with Crippen LogP contribution in [-0.4, -0.2) is 34.6 Å². The van der Waals surface area contributed by atoms with E-state index in [1.165, 1.54) is 0 Å². The topological polar surface area (TPSA) is 102 Å². The largest absolute Gasteiger partial charge is 0.465 e. The number of carboxylic acid groups (broad SMARTS) is 1. The number of terminal acetylenes is 1. The van der Waals surface area contributed by atoms with E-state index in [-0.39, 0.29) is 11.6 Å². The summed E-state index contributed by atoms with van der Waals surface area (Å²) in [5.74, 6) is 1.55. The summed E-state index contributed by atoms with van der Waals surface area (Å²) in [6, 6.07) is -1.03. The number of hydrogen-bond acceptors (Lipinski definition) is 4. The second-order valence-corrected chi connectivity index (χ2v) is 3.25. The van der Waals surface area contributed by atoms with E-state index >= 15 is 0 Å². The number of thioether (sulfide) groups is 1. The minimum Gasteiger partial charge on any atom is -0.465 e. The van der Waals surface area contributed by atoms with Crippen LogP contribution < -0.4 is 10.6 Å². The third-order valence-corrected chi connectivity index (χ3v) is 1.89. The predicted molar refractivity (Wildman–Crippen MR) is 57.8 cm³/mol. The molecule has 0 saturated heterocycles. The van der Waals surface area contributed by atoms with Crippen LogP contribution in [-0.2, 0) is 4.79 Å². The molecule has 0 rings (SSSR count). The van der Waals surface area contributed by atoms with Crippen molar-refractivity contribution in [1.29, 1.82) is 5.41 Å². The maximum absolute atomic E-state index is 11.4. The molecule has 7 heteroatoms. The molecule has 0 aliphatic carbocycles. The number of carbonyl (C=O) groups excluding carboxylic acids is 1. The molecule has 0 aromatic heterocycles. The summed E-state index contributed by atoms with van der Waals surface area (Å²) in [5.41, 5.74) is 0. The molecule has 0 aliphatic heterocycles. The first-order valence-corrected chi connectivity index (χ1v) is 5.10. The van der Waals surface area contributed by atoms with Crippen LogP contribution in [0.25, 0.3) is 0 Å². The number of rotatable bonds is 3. The third-order valence-electron chi connectivity index (χ3n) is 1.38. The minimum absolute atomic E-state index is 0.0558. The number of nitrogens with one attached hydrogen (secondary N) is 3. The van der Waals surface area contributed by atoms with Crippen molar-refractivity contribution in [3.05, 3.63) is 0 Å². The highest BCUT2D eigenvalue weighted by molar-refractivity contribution is 8.13. The molecule has 4 N–H and O–H groups in total. The van der Waals surface area contributed by atoms with Gasteiger partial charge in [0.2, 0.25) is 5.91 Å². The quantitative estimate of drug-likeness (QED) is 0.312. The summed E-state index contributed by atoms with van der Waals surface area (Å²) in [5, 5.41) is 19.7. The van der Waals surface area contributed by atoms with Gasteiger partial charge in [-0.15, -0.1) is 12.3 Å². The van der Waals surface area contributed by atoms with Crippen LogP contribution in [0, 0.1) is 17.8 Å². The SMILES string of the molecule is C#CCC(NC(=O)O)C(=O)NC(=N)SC. The van der Waals surface area contributed by atoms with Crippen molar-refractivity contribution < 1.29 is 14.7 Å². The standard InChI is InChI=1S/C8H11N3O3S/c1-3-4-5(10-8(13)14)6(12)11-7(9)15-2/h1,5,10H,4H2,2H3,(H,13,14)(H2,9,11,12). The highest BCUT2D eigenvalue weighted by Crippen LogP contribution is 1.95. The van der Waals surface area contributed by atoms with Gasteiger partial charge in [-0.2, -0.15) is 0 Å². The van der Waals surface area contributed by atoms with Crippen molar-refractivity contribution in [2.75, 3.05) is 6.26 Å². The van der Waals surface area contributed by atoms with Gasteiger partial charge in [0.25, 0.3) is 0 Å². The van der Waals surface area contributed by atoms with Crippen molar-refractivity contribution in [3.63, 3.8) is 0 Å². The molecule has 0 saturated carbocycles. The second kappa shape index (κ2) is 6.73. The maximum atomic E-state index is 11.4. The zero-order valence-electron chi connectivity index (χ0n) is 8.03. The van der Waals surface area contributed by atoms with E-state index in [9.17, 15) is 9.59 Å². The monoisotopic (exact) mass is 229 g/mol. The fraction of sp³-hybridized carbons (Fsp3) is 0.375. The molecule has 1 atom stereocenters. The Labute approximate surface area is 91.3 Å². The van der Waals surface area contributed by atoms with Gasteiger partial charge in [0.15, 0.2) is 5.17 Å². The highest BCUT2D eigenvalue weighted by Gasteiger charge is 2.19. The first kappa shape index (κ1) is 13.3. The summed E-state index contributed by atoms with van der Waals surface area (Å²) >= 11 is 1.03. The van der Waals surface area contributed by atoms with E-state index in [1.54, 1.807) is 6.26 Å². The van der Waals surface area contributed by atoms with Crippen molar-refractivity contribution in [2.45, 2.75) is 12.5 Å². The van der Waals surface area contributed by atoms with Crippen LogP contribution in [0.5, 0.6) is 0 Å². The Morgan fingerprint density at radius 2 is 2.27 bits per heavy atom. The van der Waals surface area contributed by atoms with Crippen LogP contribution in [0.15, 0.2) is 0 Å². The Morgan fingerprint density at radius 1 is 1.67 bits per heavy atom. The highest BCUT2D eigenvalue weighted by atomic mass is 32.2. The van der Waals surface area contributed by atoms with Crippen LogP contribution in [0.2, 0.25) is 0 Å². The lowest BCUT2D eigenvalue weighted by Crippen LogP contribution is -2.47. The molecule has 82 valence electrons. The van der Waals surface area contributed by atoms with Gasteiger partial charge in [0.05, 0.1) is 0 Å². The number of amidine groups is 1. The summed E-state index contributed by atoms with van der Waals surface area (Å²) < 4.78 is 0. The van der Waals surface area contributed by atoms with E-state index in [2.05, 4.69) is 11.2 Å². The van der Waals surface area contributed by atoms with E-state index in [1.807, 2.05) is 5.32 Å². The zero-order chi connectivity index (χ0) is 11.8. The molecule has 0 heterocycles. The summed E-state index contributed by atoms with van der Waals surface area (Å²) in [6.07, 6.45) is 5.21. The lowest BCUT2D eigenvalue weighted by molar-refractivity contribution is -0.121. The van der Waals surface area contributed by atoms with Gasteiger partial charge in [-0.1, -0.05) is 11.8 Å². The van der Waals surface area contributed by atoms with E-state index in [4.69, 9.17) is 16.9 Å². The molecular formula is C8H11N3O3S. The van der Waals surface area contributed by atoms with Gasteiger partial charge in [0.1, 0.15) is 6.04 Å². The average Bonchev–Trinajstić information content (AvgIpc) is 2.16. The number of carbonyl (C=O) groups is 2. The Kier molecular flexibility index (Phi) is 5.97. The lowest BCUT2D eigenvalue weighted by atomic mass is 10.2. The molecule has 1 unspecified atom stereocenters. The average molecular weight is 229 g/mol. The van der Waals surface area contributed by atoms with Crippen molar-refractivity contribution in [1.82, 2.24) is 10.6 Å². The third kappa shape index (κ3) is 5.59. The molecule has 0 radical (unpaired) electrons. The fourth-order valence-electron chi connectivity index (χ4n) is 0.726. The Bertz CT molecular complexity index is 311. The molecule has 0 aromatic rings. The second-order valence-electron chi connectivity index (χ2n) is 2.43. The van der Waals surface area contributed by atoms with Gasteiger partial charge in [-0.05, 0) is 6.26 Å². The summed E-state index contributed by atoms with van der Waals surface area (Å²) in [6.45, 7) is 0. The van der Waals surface area contributed by atoms with Gasteiger partial charge in [0, 0.05) is 6.42 Å². The van der Waals surface area contributed by atoms with Crippen LogP contribution in [0.4, 0.5) is 4.79 Å². The van der Waals surface area contributed by atoms with Crippen LogP contribution in [0.3, 0.4) is 0 Å². The molecule has 0 aliphatic rings. The molecule has 0 spiro atoms. The number of hydrogen-bond donors (Lipinski definition) is 4. The van der Waals surface area contributed by atoms with E-state index in [0.717, 1.165) is 11.8 Å². The normalized spacial score (nSPS) is 10.9. The first-order valence-electron chi connectivity index (χ1n) is 3.87. The van der Waals surface area contributed by atoms with Gasteiger partial charge >= 0.3 is 6.09 Å². The zero-order valence-corrected chi connectivity index (χ0v) is 8.85. The minimum atomic E-state index is -1.33. The van der Waals surface area contributed by atoms with Crippen LogP contribution in [0.1, 0.15) is 6.42 Å².